The molecule has 3 aromatic rings. The first-order chi connectivity index (χ1) is 24.1. The molecule has 0 unspecified atom stereocenters. The summed E-state index contributed by atoms with van der Waals surface area (Å²) in [5, 5.41) is 0.749. The van der Waals surface area contributed by atoms with E-state index in [-0.39, 0.29) is 34.7 Å². The van der Waals surface area contributed by atoms with E-state index in [9.17, 15) is 13.8 Å². The number of anilines is 1. The lowest BCUT2D eigenvalue weighted by atomic mass is 9.68. The summed E-state index contributed by atoms with van der Waals surface area (Å²) in [5.41, 5.74) is 4.00. The molecule has 2 aliphatic carbocycles. The fourth-order valence-corrected chi connectivity index (χ4v) is 11.0. The van der Waals surface area contributed by atoms with Gasteiger partial charge in [0.1, 0.15) is 5.75 Å². The molecule has 10 heteroatoms. The maximum absolute atomic E-state index is 14.6. The van der Waals surface area contributed by atoms with Crippen LogP contribution in [0.1, 0.15) is 77.8 Å². The number of fused-ring (bicyclic) bond motifs is 4. The van der Waals surface area contributed by atoms with E-state index in [0.717, 1.165) is 68.2 Å². The largest absolute Gasteiger partial charge is 0.490 e. The summed E-state index contributed by atoms with van der Waals surface area (Å²) in [6, 6.07) is 13.5. The molecule has 1 spiro atoms. The van der Waals surface area contributed by atoms with Crippen LogP contribution in [0.15, 0.2) is 71.4 Å². The fourth-order valence-electron chi connectivity index (χ4n) is 8.56. The van der Waals surface area contributed by atoms with E-state index in [1.165, 1.54) is 11.1 Å². The van der Waals surface area contributed by atoms with Gasteiger partial charge in [0.25, 0.3) is 5.91 Å². The molecule has 7 rings (SSSR count). The summed E-state index contributed by atoms with van der Waals surface area (Å²) in [5.74, 6) is 0.420. The number of ketones is 1. The SMILES string of the molecule is CCn1ccc(C(=O)C[S@@]2(=O)=NC(=O)c3ccc4c(c3)N(C[C@@H]3CC[C@H]3[C@@H](OC)/C=C/C[C@H](C)C2)C[C@@]2(CCCc3cc(Cl)ccc32)CO4)c1. The van der Waals surface area contributed by atoms with Gasteiger partial charge in [-0.2, -0.15) is 4.36 Å². The van der Waals surface area contributed by atoms with E-state index in [4.69, 9.17) is 21.1 Å². The lowest BCUT2D eigenvalue weighted by molar-refractivity contribution is 0.0131. The number of benzene rings is 2. The standard InChI is InChI=1S/C40H48ClN3O5S/c1-4-43-18-16-31(21-43)36(45)24-50(47)23-27(2)7-5-9-37(48-3)33-13-10-30(33)22-44-25-40(17-6-8-28-19-32(41)12-14-34(28)40)26-49-38-15-11-29(20-35(38)44)39(46)42-50/h5,9,11-12,14-16,18-21,27,30,33,37H,4,6-8,10,13,17,22-26H2,1-3H3/b9-5+/t27-,30-,33+,37-,40-,50+/m0/s1. The molecule has 1 aromatic heterocycles. The summed E-state index contributed by atoms with van der Waals surface area (Å²) in [4.78, 5) is 29.9. The first-order valence-corrected chi connectivity index (χ1v) is 20.3. The van der Waals surface area contributed by atoms with Gasteiger partial charge in [-0.05, 0) is 111 Å². The van der Waals surface area contributed by atoms with Gasteiger partial charge in [0.05, 0.1) is 33.9 Å². The summed E-state index contributed by atoms with van der Waals surface area (Å²) >= 11 is 6.46. The molecule has 8 nitrogen and oxygen atoms in total. The first-order valence-electron chi connectivity index (χ1n) is 18.0. The van der Waals surface area contributed by atoms with Crippen LogP contribution in [0.4, 0.5) is 5.69 Å². The second-order valence-electron chi connectivity index (χ2n) is 14.9. The Labute approximate surface area is 301 Å². The Morgan fingerprint density at radius 3 is 2.80 bits per heavy atom. The Bertz CT molecular complexity index is 1930. The predicted octanol–water partition coefficient (Wildman–Crippen LogP) is 7.76. The van der Waals surface area contributed by atoms with Gasteiger partial charge in [0, 0.05) is 66.5 Å². The average Bonchev–Trinajstić information content (AvgIpc) is 3.52. The van der Waals surface area contributed by atoms with Crippen molar-refractivity contribution in [3.05, 3.63) is 94.3 Å². The van der Waals surface area contributed by atoms with E-state index >= 15 is 0 Å². The molecule has 2 aromatic carbocycles. The smallest absolute Gasteiger partial charge is 0.285 e. The predicted molar refractivity (Wildman–Crippen MR) is 199 cm³/mol. The van der Waals surface area contributed by atoms with Crippen LogP contribution in [-0.4, -0.2) is 64.9 Å². The van der Waals surface area contributed by atoms with Gasteiger partial charge in [0.2, 0.25) is 0 Å². The Morgan fingerprint density at radius 1 is 1.18 bits per heavy atom. The minimum absolute atomic E-state index is 0.0331. The summed E-state index contributed by atoms with van der Waals surface area (Å²) in [7, 11) is -1.46. The molecule has 266 valence electrons. The third-order valence-corrected chi connectivity index (χ3v) is 13.9. The number of nitrogens with zero attached hydrogens (tertiary/aromatic N) is 3. The van der Waals surface area contributed by atoms with Gasteiger partial charge in [-0.1, -0.05) is 36.7 Å². The summed E-state index contributed by atoms with van der Waals surface area (Å²) < 4.78 is 33.7. The zero-order valence-electron chi connectivity index (χ0n) is 29.3. The van der Waals surface area contributed by atoms with Gasteiger partial charge < -0.3 is 18.9 Å². The van der Waals surface area contributed by atoms with E-state index in [1.807, 2.05) is 42.8 Å². The van der Waals surface area contributed by atoms with Gasteiger partial charge in [-0.3, -0.25) is 9.59 Å². The third-order valence-electron chi connectivity index (χ3n) is 11.4. The molecule has 3 heterocycles. The molecule has 50 heavy (non-hydrogen) atoms. The molecular weight excluding hydrogens is 670 g/mol. The number of aryl methyl sites for hydroxylation is 2. The van der Waals surface area contributed by atoms with Gasteiger partial charge in [0.15, 0.2) is 5.78 Å². The van der Waals surface area contributed by atoms with Gasteiger partial charge in [-0.25, -0.2) is 4.21 Å². The summed E-state index contributed by atoms with van der Waals surface area (Å²) in [6.45, 7) is 6.78. The van der Waals surface area contributed by atoms with Crippen molar-refractivity contribution in [2.45, 2.75) is 70.4 Å². The number of carbonyl (C=O) groups excluding carboxylic acids is 2. The van der Waals surface area contributed by atoms with Crippen molar-refractivity contribution in [1.29, 1.82) is 0 Å². The van der Waals surface area contributed by atoms with Crippen LogP contribution in [0.2, 0.25) is 5.02 Å². The van der Waals surface area contributed by atoms with Crippen LogP contribution in [0, 0.1) is 17.8 Å². The highest BCUT2D eigenvalue weighted by Crippen LogP contribution is 2.47. The Balaban J connectivity index is 1.30. The minimum atomic E-state index is -3.24. The number of carbonyl (C=O) groups is 2. The number of aromatic nitrogens is 1. The quantitative estimate of drug-likeness (QED) is 0.198. The van der Waals surface area contributed by atoms with Crippen molar-refractivity contribution in [3.8, 4) is 5.75 Å². The second-order valence-corrected chi connectivity index (χ2v) is 17.7. The molecule has 2 bridgehead atoms. The van der Waals surface area contributed by atoms with Crippen LogP contribution in [0.3, 0.4) is 0 Å². The van der Waals surface area contributed by atoms with E-state index in [1.54, 1.807) is 25.4 Å². The monoisotopic (exact) mass is 717 g/mol. The molecule has 6 atom stereocenters. The number of hydrogen-bond donors (Lipinski definition) is 0. The molecule has 0 N–H and O–H groups in total. The van der Waals surface area contributed by atoms with Crippen LogP contribution in [0.25, 0.3) is 0 Å². The number of halogens is 1. The zero-order chi connectivity index (χ0) is 35.0. The highest BCUT2D eigenvalue weighted by molar-refractivity contribution is 7.94. The Hall–Kier alpha value is -3.40. The van der Waals surface area contributed by atoms with Crippen molar-refractivity contribution < 1.29 is 23.3 Å². The van der Waals surface area contributed by atoms with Gasteiger partial charge >= 0.3 is 0 Å². The zero-order valence-corrected chi connectivity index (χ0v) is 30.9. The minimum Gasteiger partial charge on any atom is -0.490 e. The molecule has 2 aliphatic heterocycles. The van der Waals surface area contributed by atoms with Crippen molar-refractivity contribution in [2.75, 3.05) is 43.2 Å². The molecule has 0 saturated heterocycles. The molecular formula is C40H48ClN3O5S. The number of hydrogen-bond acceptors (Lipinski definition) is 6. The maximum atomic E-state index is 14.6. The number of amides is 1. The van der Waals surface area contributed by atoms with Crippen LogP contribution >= 0.6 is 11.6 Å². The fraction of sp³-hybridized carbons (Fsp3) is 0.500. The number of ether oxygens (including phenoxy) is 2. The Kier molecular flexibility index (Phi) is 10.0. The maximum Gasteiger partial charge on any atom is 0.285 e. The molecule has 4 aliphatic rings. The number of methoxy groups -OCH3 is 1. The third kappa shape index (κ3) is 7.06. The van der Waals surface area contributed by atoms with E-state index < -0.39 is 15.6 Å². The van der Waals surface area contributed by atoms with Crippen molar-refractivity contribution in [3.63, 3.8) is 0 Å². The molecule has 1 saturated carbocycles. The van der Waals surface area contributed by atoms with E-state index in [2.05, 4.69) is 33.5 Å². The number of allylic oxidation sites excluding steroid dienone is 1. The van der Waals surface area contributed by atoms with Crippen molar-refractivity contribution >= 4 is 38.7 Å². The number of Topliss-reactive ketones (excluding diaryl/α,β-unsaturated/α-hetero) is 1. The lowest BCUT2D eigenvalue weighted by Gasteiger charge is -2.46. The molecule has 1 fully saturated rings. The highest BCUT2D eigenvalue weighted by atomic mass is 35.5. The Morgan fingerprint density at radius 2 is 2.04 bits per heavy atom. The highest BCUT2D eigenvalue weighted by Gasteiger charge is 2.44. The molecule has 0 radical (unpaired) electrons. The topological polar surface area (TPSA) is 90.2 Å². The van der Waals surface area contributed by atoms with Crippen LogP contribution < -0.4 is 9.64 Å². The summed E-state index contributed by atoms with van der Waals surface area (Å²) in [6.07, 6.45) is 13.7. The normalized spacial score (nSPS) is 30.2. The lowest BCUT2D eigenvalue weighted by Crippen LogP contribution is -2.49. The van der Waals surface area contributed by atoms with Gasteiger partial charge in [-0.15, -0.1) is 0 Å². The van der Waals surface area contributed by atoms with E-state index in [0.29, 0.717) is 36.0 Å². The molecule has 1 amide bonds. The van der Waals surface area contributed by atoms with Crippen molar-refractivity contribution in [1.82, 2.24) is 4.57 Å². The first kappa shape index (κ1) is 35.0. The number of rotatable bonds is 5. The van der Waals surface area contributed by atoms with Crippen LogP contribution in [0.5, 0.6) is 5.75 Å². The van der Waals surface area contributed by atoms with Crippen molar-refractivity contribution in [2.24, 2.45) is 22.1 Å². The second kappa shape index (κ2) is 14.3. The van der Waals surface area contributed by atoms with Crippen LogP contribution in [-0.2, 0) is 32.8 Å². The average molecular weight is 718 g/mol.